The fourth-order valence-electron chi connectivity index (χ4n) is 4.15. The molecule has 1 atom stereocenters. The maximum atomic E-state index is 12.3. The predicted octanol–water partition coefficient (Wildman–Crippen LogP) is 3.79. The van der Waals surface area contributed by atoms with E-state index in [4.69, 9.17) is 0 Å². The summed E-state index contributed by atoms with van der Waals surface area (Å²) < 4.78 is 0. The molecule has 1 aliphatic heterocycles. The van der Waals surface area contributed by atoms with Gasteiger partial charge in [-0.2, -0.15) is 11.3 Å². The molecule has 1 aromatic heterocycles. The molecule has 2 amide bonds. The quantitative estimate of drug-likeness (QED) is 0.538. The lowest BCUT2D eigenvalue weighted by Crippen LogP contribution is -2.44. The Hall–Kier alpha value is -1.66. The van der Waals surface area contributed by atoms with Gasteiger partial charge in [0.1, 0.15) is 0 Å². The third-order valence-corrected chi connectivity index (χ3v) is 6.49. The zero-order valence-electron chi connectivity index (χ0n) is 16.8. The van der Waals surface area contributed by atoms with Gasteiger partial charge in [0.2, 0.25) is 0 Å². The van der Waals surface area contributed by atoms with Gasteiger partial charge in [-0.1, -0.05) is 24.5 Å². The van der Waals surface area contributed by atoms with E-state index in [-0.39, 0.29) is 6.04 Å². The molecule has 0 aromatic carbocycles. The second kappa shape index (κ2) is 11.4. The molecule has 0 bridgehead atoms. The van der Waals surface area contributed by atoms with Crippen molar-refractivity contribution in [2.45, 2.75) is 63.8 Å². The normalized spacial score (nSPS) is 19.4. The number of allylic oxidation sites excluding steroid dienone is 1. The molecular formula is C22H33N3O2S. The molecule has 0 saturated carbocycles. The van der Waals surface area contributed by atoms with Gasteiger partial charge in [0.25, 0.3) is 0 Å². The van der Waals surface area contributed by atoms with Crippen LogP contribution in [0.1, 0.15) is 69.4 Å². The molecule has 154 valence electrons. The SMILES string of the molecule is O=C(NCCC1=CCCCC1)C(=O)NC[C@@H](c1ccsc1)N1CCCCCC1. The average molecular weight is 404 g/mol. The molecular weight excluding hydrogens is 370 g/mol. The summed E-state index contributed by atoms with van der Waals surface area (Å²) in [5, 5.41) is 9.88. The van der Waals surface area contributed by atoms with E-state index in [2.05, 4.69) is 38.4 Å². The summed E-state index contributed by atoms with van der Waals surface area (Å²) in [6.45, 7) is 3.13. The predicted molar refractivity (Wildman–Crippen MR) is 114 cm³/mol. The highest BCUT2D eigenvalue weighted by atomic mass is 32.1. The first-order valence-corrected chi connectivity index (χ1v) is 11.7. The molecule has 0 spiro atoms. The van der Waals surface area contributed by atoms with Crippen LogP contribution < -0.4 is 10.6 Å². The largest absolute Gasteiger partial charge is 0.348 e. The second-order valence-electron chi connectivity index (χ2n) is 7.85. The molecule has 2 heterocycles. The van der Waals surface area contributed by atoms with Crippen LogP contribution in [-0.2, 0) is 9.59 Å². The van der Waals surface area contributed by atoms with Crippen LogP contribution >= 0.6 is 11.3 Å². The summed E-state index contributed by atoms with van der Waals surface area (Å²) in [6.07, 6.45) is 12.9. The number of nitrogens with one attached hydrogen (secondary N) is 2. The Morgan fingerprint density at radius 2 is 1.82 bits per heavy atom. The summed E-state index contributed by atoms with van der Waals surface area (Å²) in [7, 11) is 0. The van der Waals surface area contributed by atoms with E-state index in [1.165, 1.54) is 49.7 Å². The number of likely N-dealkylation sites (tertiary alicyclic amines) is 1. The van der Waals surface area contributed by atoms with Gasteiger partial charge in [0.05, 0.1) is 6.04 Å². The van der Waals surface area contributed by atoms with E-state index in [9.17, 15) is 9.59 Å². The van der Waals surface area contributed by atoms with Gasteiger partial charge in [0.15, 0.2) is 0 Å². The monoisotopic (exact) mass is 403 g/mol. The van der Waals surface area contributed by atoms with Crippen LogP contribution in [0, 0.1) is 0 Å². The Bertz CT molecular complexity index is 649. The highest BCUT2D eigenvalue weighted by molar-refractivity contribution is 7.08. The Balaban J connectivity index is 1.47. The molecule has 2 N–H and O–H groups in total. The summed E-state index contributed by atoms with van der Waals surface area (Å²) >= 11 is 1.68. The van der Waals surface area contributed by atoms with Crippen LogP contribution in [0.4, 0.5) is 0 Å². The Labute approximate surface area is 172 Å². The van der Waals surface area contributed by atoms with Gasteiger partial charge < -0.3 is 10.6 Å². The third kappa shape index (κ3) is 6.45. The first-order chi connectivity index (χ1) is 13.7. The van der Waals surface area contributed by atoms with Crippen molar-refractivity contribution in [3.05, 3.63) is 34.0 Å². The van der Waals surface area contributed by atoms with Crippen LogP contribution in [0.15, 0.2) is 28.5 Å². The lowest BCUT2D eigenvalue weighted by Gasteiger charge is -2.30. The van der Waals surface area contributed by atoms with Gasteiger partial charge in [-0.05, 0) is 80.4 Å². The smallest absolute Gasteiger partial charge is 0.309 e. The van der Waals surface area contributed by atoms with Crippen LogP contribution in [0.5, 0.6) is 0 Å². The van der Waals surface area contributed by atoms with Crippen LogP contribution in [-0.4, -0.2) is 42.9 Å². The zero-order valence-corrected chi connectivity index (χ0v) is 17.6. The summed E-state index contributed by atoms with van der Waals surface area (Å²) in [6, 6.07) is 2.28. The minimum absolute atomic E-state index is 0.147. The first kappa shape index (κ1) is 21.1. The van der Waals surface area contributed by atoms with Crippen molar-refractivity contribution >= 4 is 23.2 Å². The first-order valence-electron chi connectivity index (χ1n) is 10.7. The van der Waals surface area contributed by atoms with Gasteiger partial charge in [-0.15, -0.1) is 0 Å². The maximum Gasteiger partial charge on any atom is 0.309 e. The van der Waals surface area contributed by atoms with E-state index < -0.39 is 11.8 Å². The lowest BCUT2D eigenvalue weighted by atomic mass is 9.97. The van der Waals surface area contributed by atoms with Crippen molar-refractivity contribution in [1.29, 1.82) is 0 Å². The third-order valence-electron chi connectivity index (χ3n) is 5.79. The van der Waals surface area contributed by atoms with Gasteiger partial charge in [0, 0.05) is 13.1 Å². The van der Waals surface area contributed by atoms with Gasteiger partial charge >= 0.3 is 11.8 Å². The number of carbonyl (C=O) groups is 2. The number of carbonyl (C=O) groups excluding carboxylic acids is 2. The molecule has 28 heavy (non-hydrogen) atoms. The van der Waals surface area contributed by atoms with Crippen LogP contribution in [0.25, 0.3) is 0 Å². The topological polar surface area (TPSA) is 61.4 Å². The van der Waals surface area contributed by atoms with E-state index in [1.807, 2.05) is 0 Å². The summed E-state index contributed by atoms with van der Waals surface area (Å²) in [5.41, 5.74) is 2.64. The Morgan fingerprint density at radius 3 is 2.50 bits per heavy atom. The highest BCUT2D eigenvalue weighted by Gasteiger charge is 2.23. The molecule has 6 heteroatoms. The number of hydrogen-bond donors (Lipinski definition) is 2. The molecule has 1 aliphatic carbocycles. The molecule has 1 fully saturated rings. The molecule has 5 nitrogen and oxygen atoms in total. The molecule has 1 aromatic rings. The van der Waals surface area contributed by atoms with Gasteiger partial charge in [-0.25, -0.2) is 0 Å². The maximum absolute atomic E-state index is 12.3. The molecule has 1 saturated heterocycles. The standard InChI is InChI=1S/C22H33N3O2S/c26-21(23-12-10-18-8-4-3-5-9-18)22(27)24-16-20(19-11-15-28-17-19)25-13-6-1-2-7-14-25/h8,11,15,17,20H,1-7,9-10,12-14,16H2,(H,23,26)(H,24,27)/t20-/m0/s1. The summed E-state index contributed by atoms with van der Waals surface area (Å²) in [4.78, 5) is 26.9. The van der Waals surface area contributed by atoms with Gasteiger partial charge in [-0.3, -0.25) is 14.5 Å². The van der Waals surface area contributed by atoms with Crippen LogP contribution in [0.2, 0.25) is 0 Å². The fourth-order valence-corrected chi connectivity index (χ4v) is 4.85. The fraction of sp³-hybridized carbons (Fsp3) is 0.636. The molecule has 0 radical (unpaired) electrons. The lowest BCUT2D eigenvalue weighted by molar-refractivity contribution is -0.139. The Morgan fingerprint density at radius 1 is 1.04 bits per heavy atom. The average Bonchev–Trinajstić information content (AvgIpc) is 3.11. The van der Waals surface area contributed by atoms with E-state index in [0.717, 1.165) is 32.4 Å². The highest BCUT2D eigenvalue weighted by Crippen LogP contribution is 2.25. The zero-order chi connectivity index (χ0) is 19.6. The number of hydrogen-bond acceptors (Lipinski definition) is 4. The van der Waals surface area contributed by atoms with E-state index >= 15 is 0 Å². The number of rotatable bonds is 7. The van der Waals surface area contributed by atoms with Crippen molar-refractivity contribution in [2.75, 3.05) is 26.2 Å². The minimum atomic E-state index is -0.521. The Kier molecular flexibility index (Phi) is 8.55. The molecule has 0 unspecified atom stereocenters. The number of nitrogens with zero attached hydrogens (tertiary/aromatic N) is 1. The van der Waals surface area contributed by atoms with E-state index in [0.29, 0.717) is 13.1 Å². The van der Waals surface area contributed by atoms with Crippen molar-refractivity contribution < 1.29 is 9.59 Å². The minimum Gasteiger partial charge on any atom is -0.348 e. The molecule has 3 rings (SSSR count). The van der Waals surface area contributed by atoms with Crippen molar-refractivity contribution in [2.24, 2.45) is 0 Å². The molecule has 2 aliphatic rings. The number of amides is 2. The second-order valence-corrected chi connectivity index (χ2v) is 8.63. The van der Waals surface area contributed by atoms with Crippen molar-refractivity contribution in [1.82, 2.24) is 15.5 Å². The van der Waals surface area contributed by atoms with Crippen molar-refractivity contribution in [3.8, 4) is 0 Å². The number of thiophene rings is 1. The van der Waals surface area contributed by atoms with E-state index in [1.54, 1.807) is 11.3 Å². The van der Waals surface area contributed by atoms with Crippen LogP contribution in [0.3, 0.4) is 0 Å². The van der Waals surface area contributed by atoms with Crippen molar-refractivity contribution in [3.63, 3.8) is 0 Å². The summed E-state index contributed by atoms with van der Waals surface area (Å²) in [5.74, 6) is -1.04.